The third-order valence-electron chi connectivity index (χ3n) is 2.60. The Morgan fingerprint density at radius 1 is 1.47 bits per heavy atom. The summed E-state index contributed by atoms with van der Waals surface area (Å²) in [6.07, 6.45) is 0.683. The van der Waals surface area contributed by atoms with Crippen molar-refractivity contribution in [2.45, 2.75) is 13.3 Å². The number of hydrogen-bond donors (Lipinski definition) is 1. The lowest BCUT2D eigenvalue weighted by molar-refractivity contribution is 0.0743. The molecule has 0 fully saturated rings. The monoisotopic (exact) mass is 374 g/mol. The molecule has 19 heavy (non-hydrogen) atoms. The maximum atomic E-state index is 14.4. The van der Waals surface area contributed by atoms with Crippen LogP contribution in [0.5, 0.6) is 0 Å². The van der Waals surface area contributed by atoms with Gasteiger partial charge in [-0.2, -0.15) is 0 Å². The molecule has 1 aromatic heterocycles. The summed E-state index contributed by atoms with van der Waals surface area (Å²) in [7, 11) is 0. The molecule has 0 radical (unpaired) electrons. The number of aromatic nitrogens is 2. The van der Waals surface area contributed by atoms with Gasteiger partial charge in [0.15, 0.2) is 11.5 Å². The molecule has 5 nitrogen and oxygen atoms in total. The Bertz CT molecular complexity index is 634. The normalized spacial score (nSPS) is 10.7. The van der Waals surface area contributed by atoms with Crippen LogP contribution in [0.15, 0.2) is 18.2 Å². The highest BCUT2D eigenvalue weighted by Gasteiger charge is 2.22. The molecule has 100 valence electrons. The lowest BCUT2D eigenvalue weighted by atomic mass is 10.2. The number of amides is 1. The molecule has 0 spiro atoms. The van der Waals surface area contributed by atoms with Crippen LogP contribution >= 0.6 is 22.6 Å². The van der Waals surface area contributed by atoms with Crippen LogP contribution in [0.25, 0.3) is 10.9 Å². The quantitative estimate of drug-likeness (QED) is 0.387. The average Bonchev–Trinajstić information content (AvgIpc) is 2.38. The molecule has 1 amide bonds. The van der Waals surface area contributed by atoms with E-state index in [1.165, 1.54) is 0 Å². The SMILES string of the molecule is CCCN(N)C(=O)c1nnc2cccc(I)c2c1F. The van der Waals surface area contributed by atoms with E-state index < -0.39 is 11.7 Å². The molecule has 0 aliphatic heterocycles. The summed E-state index contributed by atoms with van der Waals surface area (Å²) >= 11 is 1.99. The van der Waals surface area contributed by atoms with Gasteiger partial charge in [-0.25, -0.2) is 10.2 Å². The van der Waals surface area contributed by atoms with Crippen molar-refractivity contribution in [3.8, 4) is 0 Å². The van der Waals surface area contributed by atoms with Gasteiger partial charge in [-0.1, -0.05) is 13.0 Å². The smallest absolute Gasteiger partial charge is 0.275 e. The highest BCUT2D eigenvalue weighted by molar-refractivity contribution is 14.1. The summed E-state index contributed by atoms with van der Waals surface area (Å²) in [4.78, 5) is 12.0. The van der Waals surface area contributed by atoms with Gasteiger partial charge in [0.05, 0.1) is 10.9 Å². The molecule has 2 aromatic rings. The van der Waals surface area contributed by atoms with Crippen molar-refractivity contribution in [3.63, 3.8) is 0 Å². The minimum absolute atomic E-state index is 0.298. The first-order chi connectivity index (χ1) is 9.06. The van der Waals surface area contributed by atoms with Crippen LogP contribution in [-0.2, 0) is 0 Å². The molecule has 0 aliphatic carbocycles. The minimum Gasteiger partial charge on any atom is -0.275 e. The third kappa shape index (κ3) is 2.66. The third-order valence-corrected chi connectivity index (χ3v) is 3.50. The van der Waals surface area contributed by atoms with Crippen molar-refractivity contribution in [2.24, 2.45) is 5.84 Å². The maximum absolute atomic E-state index is 14.4. The maximum Gasteiger partial charge on any atom is 0.291 e. The van der Waals surface area contributed by atoms with Crippen molar-refractivity contribution < 1.29 is 9.18 Å². The standard InChI is InChI=1S/C12H12FIN4O/c1-2-6-18(15)12(19)11-10(13)9-7(14)4-3-5-8(9)16-17-11/h3-5H,2,6,15H2,1H3. The van der Waals surface area contributed by atoms with Crippen LogP contribution in [0.4, 0.5) is 4.39 Å². The van der Waals surface area contributed by atoms with E-state index in [9.17, 15) is 9.18 Å². The Kier molecular flexibility index (Phi) is 4.25. The summed E-state index contributed by atoms with van der Waals surface area (Å²) in [5.41, 5.74) is 0.0765. The Morgan fingerprint density at radius 3 is 2.89 bits per heavy atom. The van der Waals surface area contributed by atoms with Gasteiger partial charge >= 0.3 is 0 Å². The predicted molar refractivity (Wildman–Crippen MR) is 77.7 cm³/mol. The molecule has 0 aliphatic rings. The van der Waals surface area contributed by atoms with E-state index in [1.807, 2.05) is 29.5 Å². The zero-order valence-electron chi connectivity index (χ0n) is 10.2. The fourth-order valence-corrected chi connectivity index (χ4v) is 2.42. The number of fused-ring (bicyclic) bond motifs is 1. The largest absolute Gasteiger partial charge is 0.291 e. The summed E-state index contributed by atoms with van der Waals surface area (Å²) in [6.45, 7) is 2.21. The van der Waals surface area contributed by atoms with Crippen molar-refractivity contribution in [1.29, 1.82) is 0 Å². The molecule has 1 heterocycles. The van der Waals surface area contributed by atoms with Crippen LogP contribution < -0.4 is 5.84 Å². The summed E-state index contributed by atoms with van der Waals surface area (Å²) in [6, 6.07) is 5.15. The number of benzene rings is 1. The number of rotatable bonds is 3. The Hall–Kier alpha value is -1.35. The van der Waals surface area contributed by atoms with E-state index in [1.54, 1.807) is 18.2 Å². The first-order valence-corrected chi connectivity index (χ1v) is 6.81. The molecule has 0 atom stereocenters. The van der Waals surface area contributed by atoms with Crippen LogP contribution in [0.3, 0.4) is 0 Å². The van der Waals surface area contributed by atoms with Gasteiger partial charge in [-0.3, -0.25) is 9.80 Å². The van der Waals surface area contributed by atoms with E-state index in [0.717, 1.165) is 5.01 Å². The lowest BCUT2D eigenvalue weighted by Gasteiger charge is -2.15. The van der Waals surface area contributed by atoms with Gasteiger partial charge in [-0.05, 0) is 41.1 Å². The summed E-state index contributed by atoms with van der Waals surface area (Å²) in [5.74, 6) is 4.22. The number of hydrazine groups is 1. The van der Waals surface area contributed by atoms with Crippen molar-refractivity contribution in [3.05, 3.63) is 33.3 Å². The van der Waals surface area contributed by atoms with E-state index in [-0.39, 0.29) is 5.69 Å². The molecule has 2 rings (SSSR count). The Balaban J connectivity index is 2.54. The van der Waals surface area contributed by atoms with Crippen molar-refractivity contribution in [2.75, 3.05) is 6.54 Å². The fourth-order valence-electron chi connectivity index (χ4n) is 1.69. The first-order valence-electron chi connectivity index (χ1n) is 5.73. The van der Waals surface area contributed by atoms with Gasteiger partial charge in [0, 0.05) is 10.1 Å². The van der Waals surface area contributed by atoms with Gasteiger partial charge in [0.1, 0.15) is 0 Å². The summed E-state index contributed by atoms with van der Waals surface area (Å²) < 4.78 is 15.0. The molecule has 0 saturated carbocycles. The van der Waals surface area contributed by atoms with E-state index in [4.69, 9.17) is 5.84 Å². The molecular formula is C12H12FIN4O. The minimum atomic E-state index is -0.674. The van der Waals surface area contributed by atoms with E-state index in [0.29, 0.717) is 27.4 Å². The number of nitrogens with zero attached hydrogens (tertiary/aromatic N) is 3. The van der Waals surface area contributed by atoms with E-state index >= 15 is 0 Å². The number of nitrogens with two attached hydrogens (primary N) is 1. The van der Waals surface area contributed by atoms with Gasteiger partial charge in [0.2, 0.25) is 0 Å². The number of hydrogen-bond acceptors (Lipinski definition) is 4. The number of carbonyl (C=O) groups is 1. The Labute approximate surface area is 123 Å². The molecule has 2 N–H and O–H groups in total. The highest BCUT2D eigenvalue weighted by Crippen LogP contribution is 2.23. The van der Waals surface area contributed by atoms with Crippen LogP contribution in [0, 0.1) is 9.39 Å². The van der Waals surface area contributed by atoms with Gasteiger partial charge < -0.3 is 0 Å². The van der Waals surface area contributed by atoms with Crippen LogP contribution in [0.2, 0.25) is 0 Å². The van der Waals surface area contributed by atoms with Crippen molar-refractivity contribution >= 4 is 39.4 Å². The average molecular weight is 374 g/mol. The predicted octanol–water partition coefficient (Wildman–Crippen LogP) is 2.10. The molecule has 0 saturated heterocycles. The first kappa shape index (κ1) is 14.1. The van der Waals surface area contributed by atoms with Crippen molar-refractivity contribution in [1.82, 2.24) is 15.2 Å². The number of halogens is 2. The zero-order chi connectivity index (χ0) is 14.0. The second-order valence-corrected chi connectivity index (χ2v) is 5.16. The summed E-state index contributed by atoms with van der Waals surface area (Å²) in [5, 5.41) is 8.77. The Morgan fingerprint density at radius 2 is 2.21 bits per heavy atom. The van der Waals surface area contributed by atoms with Gasteiger partial charge in [-0.15, -0.1) is 10.2 Å². The van der Waals surface area contributed by atoms with E-state index in [2.05, 4.69) is 10.2 Å². The fraction of sp³-hybridized carbons (Fsp3) is 0.250. The molecule has 7 heteroatoms. The molecule has 0 bridgehead atoms. The van der Waals surface area contributed by atoms with Crippen LogP contribution in [0.1, 0.15) is 23.8 Å². The zero-order valence-corrected chi connectivity index (χ0v) is 12.4. The second-order valence-electron chi connectivity index (χ2n) is 4.00. The topological polar surface area (TPSA) is 72.1 Å². The second kappa shape index (κ2) is 5.74. The highest BCUT2D eigenvalue weighted by atomic mass is 127. The van der Waals surface area contributed by atoms with Crippen LogP contribution in [-0.4, -0.2) is 27.7 Å². The number of carbonyl (C=O) groups excluding carboxylic acids is 1. The molecule has 0 unspecified atom stereocenters. The molecular weight excluding hydrogens is 362 g/mol. The lowest BCUT2D eigenvalue weighted by Crippen LogP contribution is -2.39. The van der Waals surface area contributed by atoms with Gasteiger partial charge in [0.25, 0.3) is 5.91 Å². The molecule has 1 aromatic carbocycles.